The van der Waals surface area contributed by atoms with Crippen LogP contribution in [-0.2, 0) is 10.2 Å². The summed E-state index contributed by atoms with van der Waals surface area (Å²) in [7, 11) is -3.27. The summed E-state index contributed by atoms with van der Waals surface area (Å²) in [6.07, 6.45) is 1.90. The topological polar surface area (TPSA) is 58.2 Å². The number of nitrogens with one attached hydrogen (secondary N) is 2. The lowest BCUT2D eigenvalue weighted by molar-refractivity contribution is 0.569. The Hall–Kier alpha value is -0.390. The van der Waals surface area contributed by atoms with E-state index in [1.807, 2.05) is 0 Å². The van der Waals surface area contributed by atoms with E-state index in [1.54, 1.807) is 6.92 Å². The molecule has 0 spiro atoms. The van der Waals surface area contributed by atoms with E-state index in [1.165, 1.54) is 0 Å². The van der Waals surface area contributed by atoms with Crippen LogP contribution in [0.25, 0.3) is 0 Å². The van der Waals surface area contributed by atoms with E-state index < -0.39 is 10.2 Å². The minimum Gasteiger partial charge on any atom is -0.199 e. The predicted octanol–water partition coefficient (Wildman–Crippen LogP) is 0.149. The fraction of sp³-hybridized carbons (Fsp3) is 0.714. The molecule has 0 aliphatic heterocycles. The van der Waals surface area contributed by atoms with Crippen LogP contribution in [0.4, 0.5) is 0 Å². The second-order valence-electron chi connectivity index (χ2n) is 3.17. The highest BCUT2D eigenvalue weighted by Gasteiger charge is 2.26. The van der Waals surface area contributed by atoms with Crippen molar-refractivity contribution in [2.45, 2.75) is 25.8 Å². The highest BCUT2D eigenvalue weighted by atomic mass is 32.2. The van der Waals surface area contributed by atoms with Gasteiger partial charge >= 0.3 is 0 Å². The minimum atomic E-state index is -3.27. The zero-order valence-electron chi connectivity index (χ0n) is 7.13. The summed E-state index contributed by atoms with van der Waals surface area (Å²) in [6, 6.07) is 0.160. The van der Waals surface area contributed by atoms with Gasteiger partial charge in [0.15, 0.2) is 0 Å². The molecule has 2 N–H and O–H groups in total. The molecule has 70 valence electrons. The van der Waals surface area contributed by atoms with Crippen LogP contribution >= 0.6 is 0 Å². The van der Waals surface area contributed by atoms with Crippen LogP contribution in [0.15, 0.2) is 12.2 Å². The summed E-state index contributed by atoms with van der Waals surface area (Å²) in [5, 5.41) is 0. The van der Waals surface area contributed by atoms with Crippen molar-refractivity contribution in [3.05, 3.63) is 12.2 Å². The van der Waals surface area contributed by atoms with Crippen molar-refractivity contribution < 1.29 is 8.42 Å². The lowest BCUT2D eigenvalue weighted by atomic mass is 10.4. The van der Waals surface area contributed by atoms with Gasteiger partial charge in [-0.15, -0.1) is 0 Å². The Bertz CT molecular complexity index is 267. The number of rotatable bonds is 5. The van der Waals surface area contributed by atoms with Crippen molar-refractivity contribution in [3.8, 4) is 0 Å². The quantitative estimate of drug-likeness (QED) is 0.606. The maximum atomic E-state index is 11.1. The summed E-state index contributed by atoms with van der Waals surface area (Å²) in [6.45, 7) is 5.68. The average molecular weight is 190 g/mol. The fourth-order valence-corrected chi connectivity index (χ4v) is 1.87. The molecule has 1 rings (SSSR count). The van der Waals surface area contributed by atoms with Crippen molar-refractivity contribution in [3.63, 3.8) is 0 Å². The van der Waals surface area contributed by atoms with E-state index in [0.29, 0.717) is 6.54 Å². The van der Waals surface area contributed by atoms with Crippen LogP contribution in [0.3, 0.4) is 0 Å². The molecule has 1 fully saturated rings. The smallest absolute Gasteiger partial charge is 0.199 e. The van der Waals surface area contributed by atoms with Gasteiger partial charge in [-0.2, -0.15) is 17.9 Å². The molecule has 1 aliphatic rings. The molecule has 1 saturated carbocycles. The van der Waals surface area contributed by atoms with Gasteiger partial charge < -0.3 is 0 Å². The van der Waals surface area contributed by atoms with Gasteiger partial charge in [0.25, 0.3) is 10.2 Å². The molecule has 0 atom stereocenters. The standard InChI is InChI=1S/C7H14N2O2S/c1-6(2)5-8-12(10,11)9-7-3-4-7/h7-9H,1,3-5H2,2H3. The van der Waals surface area contributed by atoms with Gasteiger partial charge in [-0.25, -0.2) is 0 Å². The van der Waals surface area contributed by atoms with Gasteiger partial charge in [-0.1, -0.05) is 12.2 Å². The van der Waals surface area contributed by atoms with E-state index in [4.69, 9.17) is 0 Å². The van der Waals surface area contributed by atoms with Crippen LogP contribution in [0.5, 0.6) is 0 Å². The predicted molar refractivity (Wildman–Crippen MR) is 47.9 cm³/mol. The molecule has 0 heterocycles. The molecular weight excluding hydrogens is 176 g/mol. The molecule has 1 aliphatic carbocycles. The zero-order chi connectivity index (χ0) is 9.19. The van der Waals surface area contributed by atoms with Crippen molar-refractivity contribution >= 4 is 10.2 Å². The second kappa shape index (κ2) is 3.55. The first-order chi connectivity index (χ1) is 5.49. The van der Waals surface area contributed by atoms with E-state index in [9.17, 15) is 8.42 Å². The van der Waals surface area contributed by atoms with E-state index in [0.717, 1.165) is 18.4 Å². The molecule has 5 heteroatoms. The van der Waals surface area contributed by atoms with Crippen LogP contribution in [0.2, 0.25) is 0 Å². The molecule has 0 unspecified atom stereocenters. The van der Waals surface area contributed by atoms with E-state index in [-0.39, 0.29) is 6.04 Å². The maximum absolute atomic E-state index is 11.1. The second-order valence-corrected chi connectivity index (χ2v) is 4.71. The molecular formula is C7H14N2O2S. The molecule has 0 radical (unpaired) electrons. The van der Waals surface area contributed by atoms with Crippen molar-refractivity contribution in [2.75, 3.05) is 6.54 Å². The van der Waals surface area contributed by atoms with Crippen LogP contribution in [-0.4, -0.2) is 21.0 Å². The largest absolute Gasteiger partial charge is 0.277 e. The number of hydrogen-bond donors (Lipinski definition) is 2. The Kier molecular flexibility index (Phi) is 2.87. The van der Waals surface area contributed by atoms with Gasteiger partial charge in [-0.05, 0) is 19.8 Å². The van der Waals surface area contributed by atoms with Crippen LogP contribution in [0.1, 0.15) is 19.8 Å². The minimum absolute atomic E-state index is 0.160. The average Bonchev–Trinajstić information content (AvgIpc) is 2.67. The Morgan fingerprint density at radius 1 is 1.58 bits per heavy atom. The first-order valence-electron chi connectivity index (χ1n) is 3.91. The maximum Gasteiger partial charge on any atom is 0.277 e. The summed E-state index contributed by atoms with van der Waals surface area (Å²) < 4.78 is 27.1. The number of hydrogen-bond acceptors (Lipinski definition) is 2. The Morgan fingerprint density at radius 3 is 2.58 bits per heavy atom. The lowest BCUT2D eigenvalue weighted by Crippen LogP contribution is -2.38. The van der Waals surface area contributed by atoms with E-state index in [2.05, 4.69) is 16.0 Å². The molecule has 0 bridgehead atoms. The van der Waals surface area contributed by atoms with Gasteiger partial charge in [0, 0.05) is 12.6 Å². The van der Waals surface area contributed by atoms with Crippen LogP contribution < -0.4 is 9.44 Å². The van der Waals surface area contributed by atoms with Gasteiger partial charge in [0.1, 0.15) is 0 Å². The molecule has 0 aromatic heterocycles. The van der Waals surface area contributed by atoms with Crippen LogP contribution in [0, 0.1) is 0 Å². The third kappa shape index (κ3) is 3.85. The molecule has 0 aromatic rings. The fourth-order valence-electron chi connectivity index (χ4n) is 0.680. The van der Waals surface area contributed by atoms with Crippen molar-refractivity contribution in [2.24, 2.45) is 0 Å². The first-order valence-corrected chi connectivity index (χ1v) is 5.39. The SMILES string of the molecule is C=C(C)CNS(=O)(=O)NC1CC1. The summed E-state index contributed by atoms with van der Waals surface area (Å²) in [5.74, 6) is 0. The van der Waals surface area contributed by atoms with Gasteiger partial charge in [-0.3, -0.25) is 0 Å². The normalized spacial score (nSPS) is 17.8. The molecule has 0 amide bonds. The first kappa shape index (κ1) is 9.70. The highest BCUT2D eigenvalue weighted by Crippen LogP contribution is 2.19. The third-order valence-electron chi connectivity index (χ3n) is 1.46. The summed E-state index contributed by atoms with van der Waals surface area (Å²) in [5.41, 5.74) is 0.802. The zero-order valence-corrected chi connectivity index (χ0v) is 7.95. The monoisotopic (exact) mass is 190 g/mol. The summed E-state index contributed by atoms with van der Waals surface area (Å²) >= 11 is 0. The summed E-state index contributed by atoms with van der Waals surface area (Å²) in [4.78, 5) is 0. The Morgan fingerprint density at radius 2 is 2.17 bits per heavy atom. The Labute approximate surface area is 73.2 Å². The van der Waals surface area contributed by atoms with Crippen molar-refractivity contribution in [1.29, 1.82) is 0 Å². The van der Waals surface area contributed by atoms with Gasteiger partial charge in [0.05, 0.1) is 0 Å². The lowest BCUT2D eigenvalue weighted by Gasteiger charge is -2.06. The van der Waals surface area contributed by atoms with E-state index >= 15 is 0 Å². The third-order valence-corrected chi connectivity index (χ3v) is 2.63. The molecule has 4 nitrogen and oxygen atoms in total. The van der Waals surface area contributed by atoms with Gasteiger partial charge in [0.2, 0.25) is 0 Å². The Balaban J connectivity index is 2.31. The molecule has 0 aromatic carbocycles. The molecule has 0 saturated heterocycles. The van der Waals surface area contributed by atoms with Crippen molar-refractivity contribution in [1.82, 2.24) is 9.44 Å². The molecule has 12 heavy (non-hydrogen) atoms. The highest BCUT2D eigenvalue weighted by molar-refractivity contribution is 7.87.